The fourth-order valence-electron chi connectivity index (χ4n) is 3.22. The average molecular weight is 327 g/mol. The molecule has 1 unspecified atom stereocenters. The number of ketones is 1. The minimum absolute atomic E-state index is 0.0600. The van der Waals surface area contributed by atoms with E-state index >= 15 is 0 Å². The second-order valence-electron chi connectivity index (χ2n) is 6.80. The Hall–Kier alpha value is -0.940. The number of β-amino-alcohol motifs (C(OH)–C–C–N with tert-alkyl or cyclic N) is 1. The smallest absolute Gasteiger partial charge is 0.222 e. The molecule has 1 rings (SSSR count). The van der Waals surface area contributed by atoms with Crippen molar-refractivity contribution in [3.8, 4) is 0 Å². The van der Waals surface area contributed by atoms with Gasteiger partial charge in [0.2, 0.25) is 5.91 Å². The van der Waals surface area contributed by atoms with Crippen molar-refractivity contribution in [3.63, 3.8) is 0 Å². The zero-order valence-corrected chi connectivity index (χ0v) is 14.5. The molecule has 1 amide bonds. The summed E-state index contributed by atoms with van der Waals surface area (Å²) >= 11 is 0. The molecular weight excluding hydrogens is 294 g/mol. The number of hydrogen-bond donors (Lipinski definition) is 2. The van der Waals surface area contributed by atoms with Crippen LogP contribution in [0.1, 0.15) is 77.6 Å². The number of rotatable bonds is 12. The molecule has 134 valence electrons. The van der Waals surface area contributed by atoms with E-state index in [0.29, 0.717) is 25.8 Å². The summed E-state index contributed by atoms with van der Waals surface area (Å²) in [5.41, 5.74) is 0. The fraction of sp³-hybridized carbons (Fsp3) is 0.889. The highest BCUT2D eigenvalue weighted by atomic mass is 16.3. The third-order valence-corrected chi connectivity index (χ3v) is 4.59. The Morgan fingerprint density at radius 1 is 0.957 bits per heavy atom. The van der Waals surface area contributed by atoms with Crippen molar-refractivity contribution in [3.05, 3.63) is 0 Å². The highest BCUT2D eigenvalue weighted by Gasteiger charge is 2.33. The Morgan fingerprint density at radius 3 is 2.00 bits per heavy atom. The van der Waals surface area contributed by atoms with Gasteiger partial charge in [0.05, 0.1) is 18.8 Å². The van der Waals surface area contributed by atoms with Crippen LogP contribution in [0.25, 0.3) is 0 Å². The van der Waals surface area contributed by atoms with Crippen LogP contribution in [-0.4, -0.2) is 52.1 Å². The molecule has 0 radical (unpaired) electrons. The Balaban J connectivity index is 1.96. The molecule has 1 aliphatic rings. The molecule has 1 saturated heterocycles. The predicted molar refractivity (Wildman–Crippen MR) is 90.1 cm³/mol. The van der Waals surface area contributed by atoms with Crippen LogP contribution >= 0.6 is 0 Å². The number of amides is 1. The number of carbonyl (C=O) groups excluding carboxylic acids is 2. The minimum atomic E-state index is -0.487. The van der Waals surface area contributed by atoms with Crippen LogP contribution in [0.2, 0.25) is 0 Å². The predicted octanol–water partition coefficient (Wildman–Crippen LogP) is 2.43. The van der Waals surface area contributed by atoms with Crippen molar-refractivity contribution < 1.29 is 19.8 Å². The van der Waals surface area contributed by atoms with Gasteiger partial charge in [-0.25, -0.2) is 0 Å². The first-order valence-corrected chi connectivity index (χ1v) is 9.12. The van der Waals surface area contributed by atoms with E-state index < -0.39 is 6.10 Å². The molecule has 1 aliphatic heterocycles. The van der Waals surface area contributed by atoms with Crippen LogP contribution in [-0.2, 0) is 9.59 Å². The number of likely N-dealkylation sites (tertiary alicyclic amines) is 1. The molecule has 23 heavy (non-hydrogen) atoms. The average Bonchev–Trinajstić information content (AvgIpc) is 2.89. The van der Waals surface area contributed by atoms with E-state index in [1.165, 1.54) is 19.3 Å². The quantitative estimate of drug-likeness (QED) is 0.540. The van der Waals surface area contributed by atoms with Crippen LogP contribution < -0.4 is 0 Å². The molecule has 0 spiro atoms. The molecule has 0 saturated carbocycles. The van der Waals surface area contributed by atoms with E-state index in [4.69, 9.17) is 0 Å². The molecule has 0 aromatic carbocycles. The van der Waals surface area contributed by atoms with Gasteiger partial charge in [-0.15, -0.1) is 0 Å². The first kappa shape index (κ1) is 20.1. The second kappa shape index (κ2) is 11.6. The third-order valence-electron chi connectivity index (χ3n) is 4.59. The molecular formula is C18H33NO4. The number of hydrogen-bond acceptors (Lipinski definition) is 4. The summed E-state index contributed by atoms with van der Waals surface area (Å²) in [6, 6.07) is -0.201. The maximum atomic E-state index is 12.1. The summed E-state index contributed by atoms with van der Waals surface area (Å²) in [4.78, 5) is 24.5. The zero-order chi connectivity index (χ0) is 17.1. The van der Waals surface area contributed by atoms with E-state index in [0.717, 1.165) is 32.1 Å². The van der Waals surface area contributed by atoms with Gasteiger partial charge < -0.3 is 19.9 Å². The van der Waals surface area contributed by atoms with Gasteiger partial charge in [0.25, 0.3) is 0 Å². The second-order valence-corrected chi connectivity index (χ2v) is 6.80. The summed E-state index contributed by atoms with van der Waals surface area (Å²) in [5, 5.41) is 18.8. The number of aliphatic hydroxyl groups is 2. The van der Waals surface area contributed by atoms with Gasteiger partial charge in [0.1, 0.15) is 5.78 Å². The monoisotopic (exact) mass is 327 g/mol. The molecule has 2 N–H and O–H groups in total. The van der Waals surface area contributed by atoms with Gasteiger partial charge in [-0.3, -0.25) is 4.79 Å². The molecule has 5 heteroatoms. The van der Waals surface area contributed by atoms with Crippen molar-refractivity contribution in [2.45, 2.75) is 89.7 Å². The maximum Gasteiger partial charge on any atom is 0.222 e. The molecule has 0 aliphatic carbocycles. The fourth-order valence-corrected chi connectivity index (χ4v) is 3.22. The lowest BCUT2D eigenvalue weighted by Gasteiger charge is -2.22. The number of Topliss-reactive ketones (excluding diaryl/α,β-unsaturated/α-hetero) is 1. The van der Waals surface area contributed by atoms with Gasteiger partial charge >= 0.3 is 0 Å². The molecule has 0 aromatic rings. The lowest BCUT2D eigenvalue weighted by Crippen LogP contribution is -2.37. The van der Waals surface area contributed by atoms with Crippen LogP contribution in [0.3, 0.4) is 0 Å². The maximum absolute atomic E-state index is 12.1. The van der Waals surface area contributed by atoms with E-state index in [-0.39, 0.29) is 24.3 Å². The van der Waals surface area contributed by atoms with Crippen molar-refractivity contribution >= 4 is 11.7 Å². The van der Waals surface area contributed by atoms with Gasteiger partial charge in [0.15, 0.2) is 0 Å². The van der Waals surface area contributed by atoms with Gasteiger partial charge in [-0.2, -0.15) is 0 Å². The van der Waals surface area contributed by atoms with E-state index in [2.05, 4.69) is 0 Å². The van der Waals surface area contributed by atoms with Crippen LogP contribution in [0.5, 0.6) is 0 Å². The van der Waals surface area contributed by atoms with Crippen LogP contribution in [0.4, 0.5) is 0 Å². The third kappa shape index (κ3) is 8.47. The molecule has 2 atom stereocenters. The molecule has 1 heterocycles. The normalized spacial score (nSPS) is 20.9. The summed E-state index contributed by atoms with van der Waals surface area (Å²) in [5.74, 6) is 0.341. The Morgan fingerprint density at radius 2 is 1.48 bits per heavy atom. The lowest BCUT2D eigenvalue weighted by molar-refractivity contribution is -0.133. The van der Waals surface area contributed by atoms with Crippen molar-refractivity contribution in [2.75, 3.05) is 13.2 Å². The number of nitrogens with zero attached hydrogens (tertiary/aromatic N) is 1. The molecule has 5 nitrogen and oxygen atoms in total. The topological polar surface area (TPSA) is 77.8 Å². The standard InChI is InChI=1S/C18H33NO4/c1-15(21)10-8-6-4-2-3-5-7-9-11-18(23)19-13-17(22)12-16(19)14-20/h16-17,20,22H,2-14H2,1H3/t16-,17?/m0/s1. The Labute approximate surface area is 140 Å². The molecule has 0 aromatic heterocycles. The van der Waals surface area contributed by atoms with Gasteiger partial charge in [-0.05, 0) is 26.2 Å². The Kier molecular flexibility index (Phi) is 10.1. The molecule has 0 bridgehead atoms. The van der Waals surface area contributed by atoms with E-state index in [1.807, 2.05) is 0 Å². The molecule has 1 fully saturated rings. The van der Waals surface area contributed by atoms with Crippen molar-refractivity contribution in [1.82, 2.24) is 4.90 Å². The Bertz CT molecular complexity index is 359. The zero-order valence-electron chi connectivity index (χ0n) is 14.5. The van der Waals surface area contributed by atoms with Crippen molar-refractivity contribution in [1.29, 1.82) is 0 Å². The first-order valence-electron chi connectivity index (χ1n) is 9.12. The summed E-state index contributed by atoms with van der Waals surface area (Å²) in [7, 11) is 0. The SMILES string of the molecule is CC(=O)CCCCCCCCCCC(=O)N1CC(O)C[C@H]1CO. The number of aliphatic hydroxyl groups excluding tert-OH is 2. The van der Waals surface area contributed by atoms with Gasteiger partial charge in [0, 0.05) is 19.4 Å². The van der Waals surface area contributed by atoms with Crippen molar-refractivity contribution in [2.24, 2.45) is 0 Å². The van der Waals surface area contributed by atoms with E-state index in [1.54, 1.807) is 11.8 Å². The lowest BCUT2D eigenvalue weighted by atomic mass is 10.1. The number of carbonyl (C=O) groups is 2. The van der Waals surface area contributed by atoms with E-state index in [9.17, 15) is 19.8 Å². The first-order chi connectivity index (χ1) is 11.0. The highest BCUT2D eigenvalue weighted by molar-refractivity contribution is 5.77. The van der Waals surface area contributed by atoms with Crippen LogP contribution in [0, 0.1) is 0 Å². The summed E-state index contributed by atoms with van der Waals surface area (Å²) in [6.07, 6.45) is 10.0. The highest BCUT2D eigenvalue weighted by Crippen LogP contribution is 2.19. The summed E-state index contributed by atoms with van der Waals surface area (Å²) in [6.45, 7) is 1.95. The minimum Gasteiger partial charge on any atom is -0.394 e. The number of unbranched alkanes of at least 4 members (excludes halogenated alkanes) is 7. The largest absolute Gasteiger partial charge is 0.394 e. The summed E-state index contributed by atoms with van der Waals surface area (Å²) < 4.78 is 0. The van der Waals surface area contributed by atoms with Gasteiger partial charge in [-0.1, -0.05) is 38.5 Å². The van der Waals surface area contributed by atoms with Crippen LogP contribution in [0.15, 0.2) is 0 Å².